The lowest BCUT2D eigenvalue weighted by Crippen LogP contribution is -2.20. The van der Waals surface area contributed by atoms with Gasteiger partial charge in [-0.05, 0) is 48.0 Å². The summed E-state index contributed by atoms with van der Waals surface area (Å²) in [6.07, 6.45) is 2.70. The minimum absolute atomic E-state index is 0.000466. The van der Waals surface area contributed by atoms with Crippen LogP contribution in [0.15, 0.2) is 71.2 Å². The second-order valence-electron chi connectivity index (χ2n) is 6.73. The number of phenols is 1. The SMILES string of the molecule is COc1cc(/C=C/C(=O)OCC(=O)Nc2ccc3oc4ccccc4c3c2)ccc1O. The molecule has 0 aliphatic carbocycles. The average molecular weight is 417 g/mol. The molecule has 0 atom stereocenters. The van der Waals surface area contributed by atoms with Crippen LogP contribution in [0.1, 0.15) is 5.56 Å². The first-order valence-corrected chi connectivity index (χ1v) is 9.46. The fourth-order valence-corrected chi connectivity index (χ4v) is 3.15. The third-order valence-corrected chi connectivity index (χ3v) is 4.62. The number of amides is 1. The van der Waals surface area contributed by atoms with Gasteiger partial charge in [0, 0.05) is 22.5 Å². The molecule has 31 heavy (non-hydrogen) atoms. The van der Waals surface area contributed by atoms with Gasteiger partial charge in [0.25, 0.3) is 5.91 Å². The van der Waals surface area contributed by atoms with Gasteiger partial charge in [-0.3, -0.25) is 4.79 Å². The fraction of sp³-hybridized carbons (Fsp3) is 0.0833. The van der Waals surface area contributed by atoms with Crippen molar-refractivity contribution in [3.8, 4) is 11.5 Å². The second kappa shape index (κ2) is 8.62. The van der Waals surface area contributed by atoms with Gasteiger partial charge in [-0.2, -0.15) is 0 Å². The molecule has 0 spiro atoms. The summed E-state index contributed by atoms with van der Waals surface area (Å²) in [4.78, 5) is 24.1. The summed E-state index contributed by atoms with van der Waals surface area (Å²) in [5, 5.41) is 14.1. The van der Waals surface area contributed by atoms with Crippen LogP contribution in [0.5, 0.6) is 11.5 Å². The van der Waals surface area contributed by atoms with Crippen molar-refractivity contribution < 1.29 is 28.6 Å². The molecular formula is C24H19NO6. The number of esters is 1. The summed E-state index contributed by atoms with van der Waals surface area (Å²) >= 11 is 0. The highest BCUT2D eigenvalue weighted by Gasteiger charge is 2.10. The number of hydrogen-bond donors (Lipinski definition) is 2. The smallest absolute Gasteiger partial charge is 0.331 e. The maximum atomic E-state index is 12.2. The highest BCUT2D eigenvalue weighted by atomic mass is 16.5. The zero-order chi connectivity index (χ0) is 21.8. The molecule has 7 heteroatoms. The lowest BCUT2D eigenvalue weighted by atomic mass is 10.1. The Balaban J connectivity index is 1.35. The second-order valence-corrected chi connectivity index (χ2v) is 6.73. The van der Waals surface area contributed by atoms with E-state index in [9.17, 15) is 14.7 Å². The number of anilines is 1. The third kappa shape index (κ3) is 4.51. The van der Waals surface area contributed by atoms with Crippen LogP contribution in [0.3, 0.4) is 0 Å². The molecule has 1 heterocycles. The molecule has 3 aromatic carbocycles. The molecule has 1 amide bonds. The molecule has 0 fully saturated rings. The summed E-state index contributed by atoms with van der Waals surface area (Å²) in [6.45, 7) is -0.424. The first kappa shape index (κ1) is 20.0. The van der Waals surface area contributed by atoms with Gasteiger partial charge in [0.1, 0.15) is 11.2 Å². The zero-order valence-electron chi connectivity index (χ0n) is 16.6. The number of carbonyl (C=O) groups excluding carboxylic acids is 2. The first-order valence-electron chi connectivity index (χ1n) is 9.46. The third-order valence-electron chi connectivity index (χ3n) is 4.62. The zero-order valence-corrected chi connectivity index (χ0v) is 16.6. The highest BCUT2D eigenvalue weighted by molar-refractivity contribution is 6.07. The standard InChI is InChI=1S/C24H19NO6/c1-29-22-12-15(6-9-19(22)26)7-11-24(28)30-14-23(27)25-16-8-10-21-18(13-16)17-4-2-3-5-20(17)31-21/h2-13,26H,14H2,1H3,(H,25,27)/b11-7+. The van der Waals surface area contributed by atoms with Crippen LogP contribution in [-0.4, -0.2) is 30.7 Å². The van der Waals surface area contributed by atoms with Crippen molar-refractivity contribution in [2.45, 2.75) is 0 Å². The Bertz CT molecular complexity index is 1300. The van der Waals surface area contributed by atoms with Gasteiger partial charge in [0.05, 0.1) is 7.11 Å². The maximum absolute atomic E-state index is 12.2. The van der Waals surface area contributed by atoms with Gasteiger partial charge in [0.2, 0.25) is 0 Å². The minimum Gasteiger partial charge on any atom is -0.504 e. The van der Waals surface area contributed by atoms with Gasteiger partial charge < -0.3 is 24.3 Å². The number of methoxy groups -OCH3 is 1. The fourth-order valence-electron chi connectivity index (χ4n) is 3.15. The van der Waals surface area contributed by atoms with E-state index < -0.39 is 18.5 Å². The average Bonchev–Trinajstić information content (AvgIpc) is 3.15. The number of furan rings is 1. The Labute approximate surface area is 177 Å². The maximum Gasteiger partial charge on any atom is 0.331 e. The summed E-state index contributed by atoms with van der Waals surface area (Å²) in [6, 6.07) is 17.6. The van der Waals surface area contributed by atoms with E-state index in [1.807, 2.05) is 30.3 Å². The first-order chi connectivity index (χ1) is 15.0. The van der Waals surface area contributed by atoms with E-state index in [-0.39, 0.29) is 11.5 Å². The number of aromatic hydroxyl groups is 1. The predicted molar refractivity (Wildman–Crippen MR) is 117 cm³/mol. The molecule has 0 radical (unpaired) electrons. The predicted octanol–water partition coefficient (Wildman–Crippen LogP) is 4.50. The van der Waals surface area contributed by atoms with Crippen LogP contribution in [0.25, 0.3) is 28.0 Å². The molecule has 0 aliphatic heterocycles. The number of benzene rings is 3. The molecule has 4 aromatic rings. The van der Waals surface area contributed by atoms with Crippen molar-refractivity contribution in [1.82, 2.24) is 0 Å². The van der Waals surface area contributed by atoms with E-state index in [4.69, 9.17) is 13.9 Å². The van der Waals surface area contributed by atoms with Crippen molar-refractivity contribution in [2.75, 3.05) is 19.0 Å². The molecular weight excluding hydrogens is 398 g/mol. The Kier molecular flexibility index (Phi) is 5.57. The van der Waals surface area contributed by atoms with E-state index in [1.165, 1.54) is 25.3 Å². The summed E-state index contributed by atoms with van der Waals surface area (Å²) in [5.74, 6) is -0.837. The van der Waals surface area contributed by atoms with Crippen LogP contribution in [0, 0.1) is 0 Å². The van der Waals surface area contributed by atoms with Crippen molar-refractivity contribution in [1.29, 1.82) is 0 Å². The molecule has 4 rings (SSSR count). The van der Waals surface area contributed by atoms with Crippen LogP contribution >= 0.6 is 0 Å². The van der Waals surface area contributed by atoms with Crippen LogP contribution in [0.2, 0.25) is 0 Å². The van der Waals surface area contributed by atoms with Crippen molar-refractivity contribution >= 4 is 45.6 Å². The van der Waals surface area contributed by atoms with Crippen molar-refractivity contribution in [3.63, 3.8) is 0 Å². The summed E-state index contributed by atoms with van der Waals surface area (Å²) in [5.41, 5.74) is 2.71. The minimum atomic E-state index is -0.668. The molecule has 0 aliphatic rings. The van der Waals surface area contributed by atoms with E-state index in [1.54, 1.807) is 24.3 Å². The Morgan fingerprint density at radius 2 is 1.84 bits per heavy atom. The molecule has 0 saturated heterocycles. The Hall–Kier alpha value is -4.26. The molecule has 0 bridgehead atoms. The molecule has 156 valence electrons. The number of rotatable bonds is 6. The Morgan fingerprint density at radius 1 is 1.03 bits per heavy atom. The van der Waals surface area contributed by atoms with E-state index >= 15 is 0 Å². The topological polar surface area (TPSA) is 98.0 Å². The van der Waals surface area contributed by atoms with E-state index in [0.29, 0.717) is 11.3 Å². The monoisotopic (exact) mass is 417 g/mol. The van der Waals surface area contributed by atoms with Crippen molar-refractivity contribution in [3.05, 3.63) is 72.3 Å². The largest absolute Gasteiger partial charge is 0.504 e. The normalized spacial score (nSPS) is 11.1. The van der Waals surface area contributed by atoms with Gasteiger partial charge in [-0.25, -0.2) is 4.79 Å². The van der Waals surface area contributed by atoms with E-state index in [2.05, 4.69) is 5.32 Å². The van der Waals surface area contributed by atoms with Gasteiger partial charge in [0.15, 0.2) is 18.1 Å². The van der Waals surface area contributed by atoms with Gasteiger partial charge in [-0.15, -0.1) is 0 Å². The number of carbonyl (C=O) groups is 2. The molecule has 0 saturated carbocycles. The molecule has 2 N–H and O–H groups in total. The number of hydrogen-bond acceptors (Lipinski definition) is 6. The Morgan fingerprint density at radius 3 is 2.68 bits per heavy atom. The number of ether oxygens (including phenoxy) is 2. The molecule has 1 aromatic heterocycles. The van der Waals surface area contributed by atoms with Crippen LogP contribution < -0.4 is 10.1 Å². The summed E-state index contributed by atoms with van der Waals surface area (Å²) < 4.78 is 15.8. The van der Waals surface area contributed by atoms with Crippen LogP contribution in [-0.2, 0) is 14.3 Å². The molecule has 7 nitrogen and oxygen atoms in total. The number of nitrogens with one attached hydrogen (secondary N) is 1. The quantitative estimate of drug-likeness (QED) is 0.354. The highest BCUT2D eigenvalue weighted by Crippen LogP contribution is 2.30. The van der Waals surface area contributed by atoms with Gasteiger partial charge >= 0.3 is 5.97 Å². The summed E-state index contributed by atoms with van der Waals surface area (Å²) in [7, 11) is 1.43. The van der Waals surface area contributed by atoms with Gasteiger partial charge in [-0.1, -0.05) is 24.3 Å². The van der Waals surface area contributed by atoms with E-state index in [0.717, 1.165) is 21.9 Å². The number of fused-ring (bicyclic) bond motifs is 3. The number of phenolic OH excluding ortho intramolecular Hbond substituents is 1. The molecule has 0 unspecified atom stereocenters. The van der Waals surface area contributed by atoms with Crippen molar-refractivity contribution in [2.24, 2.45) is 0 Å². The lowest BCUT2D eigenvalue weighted by Gasteiger charge is -2.06. The number of para-hydroxylation sites is 1. The van der Waals surface area contributed by atoms with Crippen LogP contribution in [0.4, 0.5) is 5.69 Å². The lowest BCUT2D eigenvalue weighted by molar-refractivity contribution is -0.142.